The minimum atomic E-state index is -4.58. The lowest BCUT2D eigenvalue weighted by Gasteiger charge is -2.15. The van der Waals surface area contributed by atoms with Crippen molar-refractivity contribution in [2.45, 2.75) is 38.8 Å². The summed E-state index contributed by atoms with van der Waals surface area (Å²) in [4.78, 5) is 12.8. The van der Waals surface area contributed by atoms with Crippen LogP contribution in [0.15, 0.2) is 47.0 Å². The molecule has 1 N–H and O–H groups in total. The highest BCUT2D eigenvalue weighted by molar-refractivity contribution is 6.06. The smallest absolute Gasteiger partial charge is 0.416 e. The summed E-state index contributed by atoms with van der Waals surface area (Å²) in [5.41, 5.74) is 1.24. The second-order valence-electron chi connectivity index (χ2n) is 7.32. The number of para-hydroxylation sites is 1. The molecule has 5 nitrogen and oxygen atoms in total. The van der Waals surface area contributed by atoms with Crippen LogP contribution in [0, 0.1) is 0 Å². The van der Waals surface area contributed by atoms with E-state index in [-0.39, 0.29) is 16.8 Å². The molecule has 4 rings (SSSR count). The Balaban J connectivity index is 1.72. The van der Waals surface area contributed by atoms with Gasteiger partial charge in [0.2, 0.25) is 0 Å². The maximum absolute atomic E-state index is 13.6. The Kier molecular flexibility index (Phi) is 5.71. The van der Waals surface area contributed by atoms with Crippen LogP contribution in [0.1, 0.15) is 46.9 Å². The number of anilines is 1. The van der Waals surface area contributed by atoms with Crippen LogP contribution in [0.4, 0.5) is 18.9 Å². The summed E-state index contributed by atoms with van der Waals surface area (Å²) >= 11 is 0. The summed E-state index contributed by atoms with van der Waals surface area (Å²) in [6.45, 7) is 2.14. The highest BCUT2D eigenvalue weighted by Crippen LogP contribution is 2.38. The Morgan fingerprint density at radius 2 is 1.94 bits per heavy atom. The Morgan fingerprint density at radius 3 is 2.71 bits per heavy atom. The number of rotatable bonds is 5. The van der Waals surface area contributed by atoms with Crippen LogP contribution in [-0.4, -0.2) is 17.7 Å². The lowest BCUT2D eigenvalue weighted by molar-refractivity contribution is -0.137. The molecule has 0 aliphatic heterocycles. The van der Waals surface area contributed by atoms with Crippen LogP contribution in [0.3, 0.4) is 0 Å². The van der Waals surface area contributed by atoms with E-state index in [1.54, 1.807) is 31.2 Å². The number of benzene rings is 2. The number of aromatic nitrogens is 1. The zero-order valence-corrected chi connectivity index (χ0v) is 16.9. The minimum Gasteiger partial charge on any atom is -0.493 e. The van der Waals surface area contributed by atoms with Gasteiger partial charge in [-0.05, 0) is 62.9 Å². The summed E-state index contributed by atoms with van der Waals surface area (Å²) in [7, 11) is 0. The third-order valence-corrected chi connectivity index (χ3v) is 5.17. The van der Waals surface area contributed by atoms with Crippen molar-refractivity contribution in [1.82, 2.24) is 5.16 Å². The predicted molar refractivity (Wildman–Crippen MR) is 109 cm³/mol. The number of ether oxygens (including phenoxy) is 1. The molecule has 1 heterocycles. The number of amides is 1. The molecule has 1 aliphatic carbocycles. The largest absolute Gasteiger partial charge is 0.493 e. The first-order valence-electron chi connectivity index (χ1n) is 10.1. The molecule has 1 aliphatic rings. The average molecular weight is 430 g/mol. The summed E-state index contributed by atoms with van der Waals surface area (Å²) in [5, 5.41) is 6.61. The second-order valence-corrected chi connectivity index (χ2v) is 7.32. The number of nitrogens with one attached hydrogen (secondary N) is 1. The second kappa shape index (κ2) is 8.45. The average Bonchev–Trinajstić information content (AvgIpc) is 3.18. The van der Waals surface area contributed by atoms with Gasteiger partial charge >= 0.3 is 6.18 Å². The van der Waals surface area contributed by atoms with Gasteiger partial charge in [0.25, 0.3) is 5.91 Å². The van der Waals surface area contributed by atoms with Crippen molar-refractivity contribution in [2.24, 2.45) is 0 Å². The van der Waals surface area contributed by atoms with E-state index in [9.17, 15) is 18.0 Å². The molecule has 0 radical (unpaired) electrons. The molecular weight excluding hydrogens is 409 g/mol. The Labute approximate surface area is 177 Å². The SMILES string of the molecule is CCOc1ccccc1C(=O)Nc1cc(-c2onc3c2CCCC3)cc(C(F)(F)F)c1. The minimum absolute atomic E-state index is 0.0158. The molecule has 0 fully saturated rings. The monoisotopic (exact) mass is 430 g/mol. The maximum atomic E-state index is 13.6. The Hall–Kier alpha value is -3.29. The molecule has 31 heavy (non-hydrogen) atoms. The third-order valence-electron chi connectivity index (χ3n) is 5.17. The molecule has 0 bridgehead atoms. The zero-order valence-electron chi connectivity index (χ0n) is 16.9. The maximum Gasteiger partial charge on any atom is 0.416 e. The van der Waals surface area contributed by atoms with Gasteiger partial charge < -0.3 is 14.6 Å². The first-order chi connectivity index (χ1) is 14.9. The molecule has 0 saturated carbocycles. The molecule has 0 atom stereocenters. The van der Waals surface area contributed by atoms with Crippen molar-refractivity contribution in [3.63, 3.8) is 0 Å². The van der Waals surface area contributed by atoms with Crippen LogP contribution in [0.5, 0.6) is 5.75 Å². The van der Waals surface area contributed by atoms with Crippen molar-refractivity contribution < 1.29 is 27.2 Å². The fourth-order valence-corrected chi connectivity index (χ4v) is 3.75. The number of carbonyl (C=O) groups excluding carboxylic acids is 1. The third kappa shape index (κ3) is 4.42. The summed E-state index contributed by atoms with van der Waals surface area (Å²) in [6, 6.07) is 9.99. The normalized spacial score (nSPS) is 13.5. The molecule has 8 heteroatoms. The van der Waals surface area contributed by atoms with Gasteiger partial charge in [0, 0.05) is 16.8 Å². The molecule has 3 aromatic rings. The number of hydrogen-bond donors (Lipinski definition) is 1. The van der Waals surface area contributed by atoms with Gasteiger partial charge in [0.1, 0.15) is 5.75 Å². The number of nitrogens with zero attached hydrogens (tertiary/aromatic N) is 1. The van der Waals surface area contributed by atoms with Gasteiger partial charge in [-0.15, -0.1) is 0 Å². The van der Waals surface area contributed by atoms with E-state index in [1.807, 2.05) is 0 Å². The zero-order chi connectivity index (χ0) is 22.0. The van der Waals surface area contributed by atoms with Crippen molar-refractivity contribution in [3.05, 3.63) is 64.8 Å². The lowest BCUT2D eigenvalue weighted by Crippen LogP contribution is -2.15. The van der Waals surface area contributed by atoms with Crippen LogP contribution < -0.4 is 10.1 Å². The summed E-state index contributed by atoms with van der Waals surface area (Å²) in [5.74, 6) is 0.124. The highest BCUT2D eigenvalue weighted by atomic mass is 19.4. The van der Waals surface area contributed by atoms with Crippen LogP contribution >= 0.6 is 0 Å². The molecule has 1 amide bonds. The predicted octanol–water partition coefficient (Wildman–Crippen LogP) is 5.89. The number of aryl methyl sites for hydroxylation is 1. The van der Waals surface area contributed by atoms with Gasteiger partial charge in [-0.2, -0.15) is 13.2 Å². The highest BCUT2D eigenvalue weighted by Gasteiger charge is 2.32. The number of alkyl halides is 3. The van der Waals surface area contributed by atoms with Gasteiger partial charge in [-0.25, -0.2) is 0 Å². The van der Waals surface area contributed by atoms with E-state index < -0.39 is 17.6 Å². The molecule has 0 saturated heterocycles. The fraction of sp³-hybridized carbons (Fsp3) is 0.304. The molecule has 0 spiro atoms. The molecule has 0 unspecified atom stereocenters. The summed E-state index contributed by atoms with van der Waals surface area (Å²) < 4.78 is 51.6. The quantitative estimate of drug-likeness (QED) is 0.548. The molecular formula is C23H21F3N2O3. The van der Waals surface area contributed by atoms with E-state index in [1.165, 1.54) is 6.07 Å². The van der Waals surface area contributed by atoms with Crippen molar-refractivity contribution in [1.29, 1.82) is 0 Å². The van der Waals surface area contributed by atoms with Crippen LogP contribution in [0.2, 0.25) is 0 Å². The number of halogens is 3. The molecule has 2 aromatic carbocycles. The first-order valence-corrected chi connectivity index (χ1v) is 10.1. The van der Waals surface area contributed by atoms with Gasteiger partial charge in [0.15, 0.2) is 5.76 Å². The summed E-state index contributed by atoms with van der Waals surface area (Å²) in [6.07, 6.45) is -1.23. The van der Waals surface area contributed by atoms with Crippen molar-refractivity contribution in [2.75, 3.05) is 11.9 Å². The topological polar surface area (TPSA) is 64.4 Å². The fourth-order valence-electron chi connectivity index (χ4n) is 3.75. The number of carbonyl (C=O) groups is 1. The number of hydrogen-bond acceptors (Lipinski definition) is 4. The van der Waals surface area contributed by atoms with Gasteiger partial charge in [-0.1, -0.05) is 17.3 Å². The van der Waals surface area contributed by atoms with E-state index in [4.69, 9.17) is 9.26 Å². The standard InChI is InChI=1S/C23H21F3N2O3/c1-2-30-20-10-6-4-8-18(20)22(29)27-16-12-14(11-15(13-16)23(24,25)26)21-17-7-3-5-9-19(17)28-31-21/h4,6,8,10-13H,2-3,5,7,9H2,1H3,(H,27,29). The number of fused-ring (bicyclic) bond motifs is 1. The van der Waals surface area contributed by atoms with E-state index in [2.05, 4.69) is 10.5 Å². The first kappa shape index (κ1) is 21.0. The van der Waals surface area contributed by atoms with Gasteiger partial charge in [0.05, 0.1) is 23.4 Å². The van der Waals surface area contributed by atoms with E-state index in [0.717, 1.165) is 42.7 Å². The Morgan fingerprint density at radius 1 is 1.16 bits per heavy atom. The van der Waals surface area contributed by atoms with Crippen molar-refractivity contribution in [3.8, 4) is 17.1 Å². The lowest BCUT2D eigenvalue weighted by atomic mass is 9.93. The van der Waals surface area contributed by atoms with Gasteiger partial charge in [-0.3, -0.25) is 4.79 Å². The molecule has 1 aromatic heterocycles. The Bertz CT molecular complexity index is 1110. The van der Waals surface area contributed by atoms with Crippen LogP contribution in [0.25, 0.3) is 11.3 Å². The molecule has 162 valence electrons. The van der Waals surface area contributed by atoms with Crippen molar-refractivity contribution >= 4 is 11.6 Å². The van der Waals surface area contributed by atoms with E-state index in [0.29, 0.717) is 24.5 Å². The van der Waals surface area contributed by atoms with E-state index >= 15 is 0 Å². The van der Waals surface area contributed by atoms with Crippen LogP contribution in [-0.2, 0) is 19.0 Å².